The lowest BCUT2D eigenvalue weighted by Crippen LogP contribution is -2.10. The second kappa shape index (κ2) is 6.39. The fourth-order valence-corrected chi connectivity index (χ4v) is 3.51. The molecular formula is C22H17N5O. The Hall–Kier alpha value is -3.85. The predicted octanol–water partition coefficient (Wildman–Crippen LogP) is 3.36. The van der Waals surface area contributed by atoms with Gasteiger partial charge in [0.25, 0.3) is 0 Å². The van der Waals surface area contributed by atoms with Gasteiger partial charge in [0, 0.05) is 5.56 Å². The maximum Gasteiger partial charge on any atom is 0.171 e. The van der Waals surface area contributed by atoms with E-state index in [-0.39, 0.29) is 0 Å². The van der Waals surface area contributed by atoms with Crippen LogP contribution in [-0.2, 0) is 13.2 Å². The number of hydrogen-bond donors (Lipinski definition) is 0. The van der Waals surface area contributed by atoms with Gasteiger partial charge in [0.2, 0.25) is 0 Å². The summed E-state index contributed by atoms with van der Waals surface area (Å²) in [5, 5.41) is 8.88. The Bertz CT molecular complexity index is 1210. The predicted molar refractivity (Wildman–Crippen MR) is 105 cm³/mol. The van der Waals surface area contributed by atoms with Gasteiger partial charge in [-0.3, -0.25) is 4.57 Å². The summed E-state index contributed by atoms with van der Waals surface area (Å²) in [5.41, 5.74) is 4.71. The van der Waals surface area contributed by atoms with Gasteiger partial charge < -0.3 is 9.30 Å². The Morgan fingerprint density at radius 3 is 2.82 bits per heavy atom. The number of rotatable bonds is 3. The summed E-state index contributed by atoms with van der Waals surface area (Å²) in [4.78, 5) is 4.40. The van der Waals surface area contributed by atoms with Crippen molar-refractivity contribution in [2.45, 2.75) is 20.1 Å². The molecule has 6 nitrogen and oxygen atoms in total. The lowest BCUT2D eigenvalue weighted by Gasteiger charge is -2.09. The van der Waals surface area contributed by atoms with E-state index in [1.165, 1.54) is 0 Å². The number of terminal acetylenes is 1. The molecule has 0 aliphatic carbocycles. The zero-order valence-corrected chi connectivity index (χ0v) is 15.3. The number of ether oxygens (including phenoxy) is 1. The van der Waals surface area contributed by atoms with Crippen LogP contribution in [0.15, 0.2) is 54.9 Å². The van der Waals surface area contributed by atoms with Crippen molar-refractivity contribution >= 4 is 0 Å². The van der Waals surface area contributed by atoms with Gasteiger partial charge >= 0.3 is 0 Å². The molecule has 0 saturated heterocycles. The van der Waals surface area contributed by atoms with Crippen LogP contribution in [0.4, 0.5) is 0 Å². The zero-order valence-electron chi connectivity index (χ0n) is 15.3. The van der Waals surface area contributed by atoms with E-state index in [4.69, 9.17) is 11.2 Å². The fraction of sp³-hybridized carbons (Fsp3) is 0.136. The van der Waals surface area contributed by atoms with Crippen molar-refractivity contribution in [2.75, 3.05) is 0 Å². The van der Waals surface area contributed by atoms with Crippen LogP contribution in [0.2, 0.25) is 0 Å². The van der Waals surface area contributed by atoms with Gasteiger partial charge in [-0.25, -0.2) is 4.98 Å². The van der Waals surface area contributed by atoms with Crippen LogP contribution in [0.3, 0.4) is 0 Å². The lowest BCUT2D eigenvalue weighted by molar-refractivity contribution is 0.290. The van der Waals surface area contributed by atoms with E-state index in [1.807, 2.05) is 34.9 Å². The summed E-state index contributed by atoms with van der Waals surface area (Å²) in [5.74, 6) is 5.02. The van der Waals surface area contributed by atoms with Crippen molar-refractivity contribution in [3.8, 4) is 35.2 Å². The Labute approximate surface area is 162 Å². The van der Waals surface area contributed by atoms with Gasteiger partial charge in [0.15, 0.2) is 11.6 Å². The van der Waals surface area contributed by atoms with Crippen LogP contribution < -0.4 is 4.74 Å². The Morgan fingerprint density at radius 1 is 1.14 bits per heavy atom. The van der Waals surface area contributed by atoms with Gasteiger partial charge in [0.05, 0.1) is 17.9 Å². The molecule has 0 atom stereocenters. The molecule has 0 N–H and O–H groups in total. The van der Waals surface area contributed by atoms with E-state index < -0.39 is 0 Å². The van der Waals surface area contributed by atoms with E-state index in [9.17, 15) is 0 Å². The molecule has 28 heavy (non-hydrogen) atoms. The molecule has 1 aliphatic heterocycles. The minimum atomic E-state index is 0.317. The Kier molecular flexibility index (Phi) is 3.73. The summed E-state index contributed by atoms with van der Waals surface area (Å²) in [7, 11) is 0. The highest BCUT2D eigenvalue weighted by Gasteiger charge is 2.25. The van der Waals surface area contributed by atoms with Gasteiger partial charge in [-0.05, 0) is 37.1 Å². The van der Waals surface area contributed by atoms with E-state index in [2.05, 4.69) is 50.8 Å². The highest BCUT2D eigenvalue weighted by molar-refractivity contribution is 5.70. The van der Waals surface area contributed by atoms with E-state index in [0.29, 0.717) is 18.8 Å². The van der Waals surface area contributed by atoms with Crippen LogP contribution in [0.25, 0.3) is 17.1 Å². The smallest absolute Gasteiger partial charge is 0.171 e. The van der Waals surface area contributed by atoms with Crippen molar-refractivity contribution in [2.24, 2.45) is 0 Å². The number of hydrogen-bond acceptors (Lipinski definition) is 4. The number of imidazole rings is 1. The quantitative estimate of drug-likeness (QED) is 0.459. The molecule has 4 aromatic rings. The molecular weight excluding hydrogens is 350 g/mol. The summed E-state index contributed by atoms with van der Waals surface area (Å²) < 4.78 is 10.0. The first-order chi connectivity index (χ1) is 13.7. The molecule has 0 spiro atoms. The first-order valence-corrected chi connectivity index (χ1v) is 8.99. The third kappa shape index (κ3) is 2.57. The number of aromatic nitrogens is 5. The summed E-state index contributed by atoms with van der Waals surface area (Å²) in [6, 6.07) is 15.9. The van der Waals surface area contributed by atoms with E-state index in [1.54, 1.807) is 6.33 Å². The number of nitrogens with zero attached hydrogens (tertiary/aromatic N) is 5. The van der Waals surface area contributed by atoms with Crippen molar-refractivity contribution in [3.05, 3.63) is 77.6 Å². The number of para-hydroxylation sites is 1. The molecule has 5 rings (SSSR count). The van der Waals surface area contributed by atoms with Crippen molar-refractivity contribution in [3.63, 3.8) is 0 Å². The topological polar surface area (TPSA) is 57.8 Å². The molecule has 0 bridgehead atoms. The highest BCUT2D eigenvalue weighted by atomic mass is 16.5. The molecule has 0 fully saturated rings. The average Bonchev–Trinajstić information content (AvgIpc) is 3.28. The van der Waals surface area contributed by atoms with Crippen LogP contribution in [0.5, 0.6) is 5.75 Å². The Morgan fingerprint density at radius 2 is 2.00 bits per heavy atom. The molecule has 136 valence electrons. The molecule has 0 saturated carbocycles. The van der Waals surface area contributed by atoms with Crippen molar-refractivity contribution in [1.29, 1.82) is 0 Å². The molecule has 2 aromatic carbocycles. The minimum absolute atomic E-state index is 0.317. The average molecular weight is 367 g/mol. The number of aryl methyl sites for hydroxylation is 1. The third-order valence-electron chi connectivity index (χ3n) is 4.90. The van der Waals surface area contributed by atoms with Crippen LogP contribution in [-0.4, -0.2) is 24.3 Å². The summed E-state index contributed by atoms with van der Waals surface area (Å²) >= 11 is 0. The number of benzene rings is 2. The lowest BCUT2D eigenvalue weighted by atomic mass is 10.1. The molecule has 0 amide bonds. The van der Waals surface area contributed by atoms with Crippen molar-refractivity contribution in [1.82, 2.24) is 24.3 Å². The van der Waals surface area contributed by atoms with Crippen molar-refractivity contribution < 1.29 is 4.74 Å². The van der Waals surface area contributed by atoms with Crippen LogP contribution in [0.1, 0.15) is 22.8 Å². The van der Waals surface area contributed by atoms with Gasteiger partial charge in [-0.2, -0.15) is 0 Å². The molecule has 1 aliphatic rings. The van der Waals surface area contributed by atoms with Crippen LogP contribution in [0, 0.1) is 19.3 Å². The first-order valence-electron chi connectivity index (χ1n) is 8.99. The Balaban J connectivity index is 1.63. The minimum Gasteiger partial charge on any atom is -0.486 e. The molecule has 0 radical (unpaired) electrons. The van der Waals surface area contributed by atoms with Gasteiger partial charge in [-0.1, -0.05) is 29.8 Å². The SMILES string of the molecule is C#Cc1ncn2c1Cn1c(COc3ccccc3)nnc1-c1cc(C)ccc1-2. The van der Waals surface area contributed by atoms with Crippen LogP contribution >= 0.6 is 0 Å². The molecule has 6 heteroatoms. The van der Waals surface area contributed by atoms with Gasteiger partial charge in [-0.15, -0.1) is 16.6 Å². The maximum atomic E-state index is 5.91. The summed E-state index contributed by atoms with van der Waals surface area (Å²) in [6.45, 7) is 2.91. The fourth-order valence-electron chi connectivity index (χ4n) is 3.51. The summed E-state index contributed by atoms with van der Waals surface area (Å²) in [6.07, 6.45) is 7.47. The number of fused-ring (bicyclic) bond motifs is 5. The first kappa shape index (κ1) is 16.3. The van der Waals surface area contributed by atoms with E-state index >= 15 is 0 Å². The normalized spacial score (nSPS) is 11.7. The zero-order chi connectivity index (χ0) is 19.1. The van der Waals surface area contributed by atoms with E-state index in [0.717, 1.165) is 39.9 Å². The van der Waals surface area contributed by atoms with Gasteiger partial charge in [0.1, 0.15) is 24.4 Å². The second-order valence-electron chi connectivity index (χ2n) is 6.70. The monoisotopic (exact) mass is 367 g/mol. The molecule has 2 aromatic heterocycles. The standard InChI is InChI=1S/C22H17N5O/c1-3-18-20-12-26-21(13-28-16-7-5-4-6-8-16)24-25-22(26)17-11-15(2)9-10-19(17)27(20)14-23-18/h1,4-11,14H,12-13H2,2H3. The molecule has 3 heterocycles. The third-order valence-corrected chi connectivity index (χ3v) is 4.90. The highest BCUT2D eigenvalue weighted by Crippen LogP contribution is 2.33. The molecule has 0 unspecified atom stereocenters. The second-order valence-corrected chi connectivity index (χ2v) is 6.70. The largest absolute Gasteiger partial charge is 0.486 e. The maximum absolute atomic E-state index is 5.91.